The summed E-state index contributed by atoms with van der Waals surface area (Å²) in [6, 6.07) is 13.8. The Bertz CT molecular complexity index is 1030. The first kappa shape index (κ1) is 27.2. The zero-order valence-electron chi connectivity index (χ0n) is 20.0. The minimum Gasteiger partial charge on any atom is -0.494 e. The number of ether oxygens (including phenoxy) is 2. The normalized spacial score (nSPS) is 12.4. The summed E-state index contributed by atoms with van der Waals surface area (Å²) in [6.07, 6.45) is 5.71. The molecule has 2 aromatic carbocycles. The fourth-order valence-electron chi connectivity index (χ4n) is 3.01. The maximum atomic E-state index is 12.4. The predicted octanol–water partition coefficient (Wildman–Crippen LogP) is 6.59. The van der Waals surface area contributed by atoms with E-state index in [1.54, 1.807) is 24.3 Å². The minimum absolute atomic E-state index is 0.122. The molecule has 0 saturated carbocycles. The Balaban J connectivity index is 1.74. The second-order valence-corrected chi connectivity index (χ2v) is 10.2. The van der Waals surface area contributed by atoms with Crippen LogP contribution < -0.4 is 4.74 Å². The number of nitrogens with zero attached hydrogens (tertiary/aromatic N) is 2. The third-order valence-corrected chi connectivity index (χ3v) is 7.23. The molecule has 0 fully saturated rings. The van der Waals surface area contributed by atoms with Crippen LogP contribution in [-0.2, 0) is 19.4 Å². The molecule has 0 aromatic heterocycles. The average Bonchev–Trinajstić information content (AvgIpc) is 2.84. The Morgan fingerprint density at radius 3 is 2.06 bits per heavy atom. The van der Waals surface area contributed by atoms with Crippen LogP contribution >= 0.6 is 0 Å². The molecule has 8 heteroatoms. The third kappa shape index (κ3) is 9.87. The highest BCUT2D eigenvalue weighted by Crippen LogP contribution is 2.23. The van der Waals surface area contributed by atoms with E-state index in [0.29, 0.717) is 29.5 Å². The molecule has 1 atom stereocenters. The van der Waals surface area contributed by atoms with E-state index in [2.05, 4.69) is 16.8 Å². The summed E-state index contributed by atoms with van der Waals surface area (Å²) in [7, 11) is -3.29. The second-order valence-electron chi connectivity index (χ2n) is 8.12. The maximum absolute atomic E-state index is 12.4. The average molecular weight is 487 g/mol. The van der Waals surface area contributed by atoms with E-state index in [0.717, 1.165) is 37.9 Å². The van der Waals surface area contributed by atoms with Crippen molar-refractivity contribution < 1.29 is 22.7 Å². The topological polar surface area (TPSA) is 94.4 Å². The Labute approximate surface area is 202 Å². The highest BCUT2D eigenvalue weighted by molar-refractivity contribution is 7.91. The van der Waals surface area contributed by atoms with Crippen LogP contribution in [-0.4, -0.2) is 33.4 Å². The summed E-state index contributed by atoms with van der Waals surface area (Å²) in [4.78, 5) is 11.2. The standard InChI is InChI=1S/C26H34N2O5S/c1-4-21(3)20-34(30,31)25-16-12-23(13-17-25)28-27-22-10-14-24(15-11-22)32-18-8-6-7-9-19-33-26(29)5-2/h5,10-17,21H,2,4,6-9,18-20H2,1,3H3/b28-27+/t21-/m1/s1. The van der Waals surface area contributed by atoms with Crippen LogP contribution in [0, 0.1) is 5.92 Å². The number of hydrogen-bond donors (Lipinski definition) is 0. The molecule has 2 rings (SSSR count). The van der Waals surface area contributed by atoms with Crippen molar-refractivity contribution in [1.29, 1.82) is 0 Å². The number of hydrogen-bond acceptors (Lipinski definition) is 7. The van der Waals surface area contributed by atoms with Gasteiger partial charge in [-0.25, -0.2) is 13.2 Å². The Morgan fingerprint density at radius 1 is 0.941 bits per heavy atom. The molecule has 0 aliphatic rings. The van der Waals surface area contributed by atoms with Crippen molar-refractivity contribution in [2.24, 2.45) is 16.1 Å². The number of unbranched alkanes of at least 4 members (excludes halogenated alkanes) is 3. The van der Waals surface area contributed by atoms with Gasteiger partial charge in [-0.2, -0.15) is 10.2 Å². The van der Waals surface area contributed by atoms with Crippen molar-refractivity contribution in [2.75, 3.05) is 19.0 Å². The zero-order chi connectivity index (χ0) is 24.8. The van der Waals surface area contributed by atoms with Crippen LogP contribution in [0.2, 0.25) is 0 Å². The summed E-state index contributed by atoms with van der Waals surface area (Å²) in [5, 5.41) is 8.39. The molecule has 0 unspecified atom stereocenters. The summed E-state index contributed by atoms with van der Waals surface area (Å²) in [5.74, 6) is 0.644. The highest BCUT2D eigenvalue weighted by Gasteiger charge is 2.17. The molecule has 34 heavy (non-hydrogen) atoms. The van der Waals surface area contributed by atoms with Crippen molar-refractivity contribution in [3.8, 4) is 5.75 Å². The summed E-state index contributed by atoms with van der Waals surface area (Å²) in [6.45, 7) is 8.31. The predicted molar refractivity (Wildman–Crippen MR) is 134 cm³/mol. The third-order valence-electron chi connectivity index (χ3n) is 5.23. The first-order valence-electron chi connectivity index (χ1n) is 11.6. The molecule has 0 N–H and O–H groups in total. The molecule has 184 valence electrons. The molecular formula is C26H34N2O5S. The van der Waals surface area contributed by atoms with Crippen molar-refractivity contribution in [1.82, 2.24) is 0 Å². The molecule has 0 amide bonds. The van der Waals surface area contributed by atoms with E-state index in [9.17, 15) is 13.2 Å². The lowest BCUT2D eigenvalue weighted by atomic mass is 10.2. The van der Waals surface area contributed by atoms with Crippen LogP contribution in [0.3, 0.4) is 0 Å². The van der Waals surface area contributed by atoms with Gasteiger partial charge in [-0.05, 0) is 80.1 Å². The molecular weight excluding hydrogens is 452 g/mol. The molecule has 0 aliphatic heterocycles. The number of carbonyl (C=O) groups excluding carboxylic acids is 1. The van der Waals surface area contributed by atoms with Crippen molar-refractivity contribution in [3.63, 3.8) is 0 Å². The zero-order valence-corrected chi connectivity index (χ0v) is 20.8. The van der Waals surface area contributed by atoms with Gasteiger partial charge in [0, 0.05) is 6.08 Å². The van der Waals surface area contributed by atoms with Gasteiger partial charge in [-0.1, -0.05) is 26.8 Å². The monoisotopic (exact) mass is 486 g/mol. The smallest absolute Gasteiger partial charge is 0.330 e. The minimum atomic E-state index is -3.29. The Morgan fingerprint density at radius 2 is 1.50 bits per heavy atom. The summed E-state index contributed by atoms with van der Waals surface area (Å²) >= 11 is 0. The van der Waals surface area contributed by atoms with Crippen molar-refractivity contribution >= 4 is 27.2 Å². The lowest BCUT2D eigenvalue weighted by molar-refractivity contribution is -0.137. The number of carbonyl (C=O) groups is 1. The summed E-state index contributed by atoms with van der Waals surface area (Å²) in [5.41, 5.74) is 1.26. The van der Waals surface area contributed by atoms with Gasteiger partial charge < -0.3 is 9.47 Å². The Kier molecular flexibility index (Phi) is 11.5. The first-order valence-corrected chi connectivity index (χ1v) is 13.3. The van der Waals surface area contributed by atoms with Crippen LogP contribution in [0.5, 0.6) is 5.75 Å². The van der Waals surface area contributed by atoms with Gasteiger partial charge in [0.05, 0.1) is 35.2 Å². The largest absolute Gasteiger partial charge is 0.494 e. The lowest BCUT2D eigenvalue weighted by Crippen LogP contribution is -2.13. The van der Waals surface area contributed by atoms with Gasteiger partial charge in [-0.15, -0.1) is 0 Å². The van der Waals surface area contributed by atoms with Crippen molar-refractivity contribution in [2.45, 2.75) is 50.8 Å². The molecule has 0 aliphatic carbocycles. The first-order chi connectivity index (χ1) is 16.3. The number of rotatable bonds is 15. The molecule has 0 radical (unpaired) electrons. The van der Waals surface area contributed by atoms with Gasteiger partial charge in [0.2, 0.25) is 0 Å². The maximum Gasteiger partial charge on any atom is 0.330 e. The van der Waals surface area contributed by atoms with Crippen molar-refractivity contribution in [3.05, 3.63) is 61.2 Å². The molecule has 0 spiro atoms. The molecule has 0 heterocycles. The lowest BCUT2D eigenvalue weighted by Gasteiger charge is -2.09. The van der Waals surface area contributed by atoms with Crippen LogP contribution in [0.25, 0.3) is 0 Å². The van der Waals surface area contributed by atoms with E-state index in [-0.39, 0.29) is 17.6 Å². The van der Waals surface area contributed by atoms with E-state index >= 15 is 0 Å². The van der Waals surface area contributed by atoms with Crippen LogP contribution in [0.1, 0.15) is 46.0 Å². The fourth-order valence-corrected chi connectivity index (χ4v) is 4.74. The van der Waals surface area contributed by atoms with Gasteiger partial charge in [-0.3, -0.25) is 0 Å². The van der Waals surface area contributed by atoms with E-state index in [1.165, 1.54) is 6.08 Å². The van der Waals surface area contributed by atoms with E-state index in [1.807, 2.05) is 38.1 Å². The van der Waals surface area contributed by atoms with Gasteiger partial charge in [0.1, 0.15) is 5.75 Å². The van der Waals surface area contributed by atoms with E-state index < -0.39 is 9.84 Å². The molecule has 2 aromatic rings. The van der Waals surface area contributed by atoms with Gasteiger partial charge in [0.25, 0.3) is 0 Å². The second kappa shape index (κ2) is 14.3. The highest BCUT2D eigenvalue weighted by atomic mass is 32.2. The molecule has 0 saturated heterocycles. The van der Waals surface area contributed by atoms with Gasteiger partial charge in [0.15, 0.2) is 9.84 Å². The number of sulfone groups is 1. The quantitative estimate of drug-likeness (QED) is 0.122. The van der Waals surface area contributed by atoms with E-state index in [4.69, 9.17) is 9.47 Å². The van der Waals surface area contributed by atoms with Crippen LogP contribution in [0.15, 0.2) is 76.3 Å². The number of benzene rings is 2. The number of azo groups is 1. The fraction of sp³-hybridized carbons (Fsp3) is 0.423. The molecule has 7 nitrogen and oxygen atoms in total. The number of esters is 1. The van der Waals surface area contributed by atoms with Crippen LogP contribution in [0.4, 0.5) is 11.4 Å². The SMILES string of the molecule is C=CC(=O)OCCCCCCOc1ccc(/N=N/c2ccc(S(=O)(=O)C[C@H](C)CC)cc2)cc1. The Hall–Kier alpha value is -3.00. The molecule has 0 bridgehead atoms. The summed E-state index contributed by atoms with van der Waals surface area (Å²) < 4.78 is 35.5. The van der Waals surface area contributed by atoms with Gasteiger partial charge >= 0.3 is 5.97 Å².